The molecule has 0 aromatic heterocycles. The predicted molar refractivity (Wildman–Crippen MR) is 57.7 cm³/mol. The van der Waals surface area contributed by atoms with Crippen molar-refractivity contribution in [2.45, 2.75) is 6.54 Å². The Morgan fingerprint density at radius 3 is 2.47 bits per heavy atom. The molecule has 4 heteroatoms. The van der Waals surface area contributed by atoms with Crippen LogP contribution in [0.5, 0.6) is 5.75 Å². The molecule has 0 saturated heterocycles. The van der Waals surface area contributed by atoms with Gasteiger partial charge >= 0.3 is 0 Å². The first kappa shape index (κ1) is 12.0. The van der Waals surface area contributed by atoms with Gasteiger partial charge in [0.2, 0.25) is 0 Å². The van der Waals surface area contributed by atoms with E-state index in [0.717, 1.165) is 11.3 Å². The highest BCUT2D eigenvalue weighted by Crippen LogP contribution is 2.11. The summed E-state index contributed by atoms with van der Waals surface area (Å²) in [4.78, 5) is 0. The summed E-state index contributed by atoms with van der Waals surface area (Å²) in [5, 5.41) is 0. The van der Waals surface area contributed by atoms with Crippen molar-refractivity contribution in [2.75, 3.05) is 27.1 Å². The van der Waals surface area contributed by atoms with Gasteiger partial charge in [-0.05, 0) is 17.7 Å². The fourth-order valence-corrected chi connectivity index (χ4v) is 1.03. The molecule has 4 nitrogen and oxygen atoms in total. The third kappa shape index (κ3) is 4.78. The van der Waals surface area contributed by atoms with Crippen molar-refractivity contribution < 1.29 is 14.2 Å². The van der Waals surface area contributed by atoms with Crippen LogP contribution in [0.3, 0.4) is 0 Å². The molecule has 1 aromatic carbocycles. The molecule has 0 heterocycles. The van der Waals surface area contributed by atoms with Gasteiger partial charge in [-0.2, -0.15) is 0 Å². The maximum atomic E-state index is 5.48. The van der Waals surface area contributed by atoms with Crippen LogP contribution in [0.2, 0.25) is 0 Å². The van der Waals surface area contributed by atoms with E-state index in [4.69, 9.17) is 19.9 Å². The zero-order chi connectivity index (χ0) is 10.9. The number of ether oxygens (including phenoxy) is 3. The normalized spacial score (nSPS) is 10.3. The number of benzene rings is 1. The summed E-state index contributed by atoms with van der Waals surface area (Å²) in [7, 11) is 1.63. The maximum Gasteiger partial charge on any atom is 0.189 e. The van der Waals surface area contributed by atoms with Crippen LogP contribution in [0, 0.1) is 0 Å². The van der Waals surface area contributed by atoms with Crippen molar-refractivity contribution in [2.24, 2.45) is 5.73 Å². The summed E-state index contributed by atoms with van der Waals surface area (Å²) in [6, 6.07) is 7.62. The molecule has 0 saturated carbocycles. The first-order chi connectivity index (χ1) is 7.36. The molecule has 0 aliphatic carbocycles. The zero-order valence-corrected chi connectivity index (χ0v) is 8.94. The molecule has 0 fully saturated rings. The highest BCUT2D eigenvalue weighted by molar-refractivity contribution is 5.26. The second kappa shape index (κ2) is 7.23. The monoisotopic (exact) mass is 211 g/mol. The van der Waals surface area contributed by atoms with E-state index >= 15 is 0 Å². The number of hydrogen-bond donors (Lipinski definition) is 1. The van der Waals surface area contributed by atoms with Crippen LogP contribution in [0.25, 0.3) is 0 Å². The van der Waals surface area contributed by atoms with Crippen molar-refractivity contribution in [1.82, 2.24) is 0 Å². The summed E-state index contributed by atoms with van der Waals surface area (Å²) < 4.78 is 15.3. The van der Waals surface area contributed by atoms with Gasteiger partial charge in [0, 0.05) is 13.7 Å². The summed E-state index contributed by atoms with van der Waals surface area (Å²) in [5.74, 6) is 0.782. The van der Waals surface area contributed by atoms with Crippen LogP contribution in [-0.2, 0) is 16.0 Å². The van der Waals surface area contributed by atoms with E-state index in [1.165, 1.54) is 0 Å². The Labute approximate surface area is 89.9 Å². The molecule has 0 aliphatic heterocycles. The van der Waals surface area contributed by atoms with Gasteiger partial charge in [0.25, 0.3) is 0 Å². The lowest BCUT2D eigenvalue weighted by molar-refractivity contribution is -0.00847. The Kier molecular flexibility index (Phi) is 5.77. The molecule has 15 heavy (non-hydrogen) atoms. The lowest BCUT2D eigenvalue weighted by Crippen LogP contribution is -2.07. The first-order valence-corrected chi connectivity index (χ1v) is 4.85. The van der Waals surface area contributed by atoms with Gasteiger partial charge in [0.15, 0.2) is 6.79 Å². The summed E-state index contributed by atoms with van der Waals surface area (Å²) in [6.07, 6.45) is 0. The Bertz CT molecular complexity index is 261. The van der Waals surface area contributed by atoms with E-state index < -0.39 is 0 Å². The van der Waals surface area contributed by atoms with Crippen molar-refractivity contribution >= 4 is 0 Å². The average Bonchev–Trinajstić information content (AvgIpc) is 2.30. The van der Waals surface area contributed by atoms with Crippen LogP contribution < -0.4 is 10.5 Å². The first-order valence-electron chi connectivity index (χ1n) is 4.85. The maximum absolute atomic E-state index is 5.48. The summed E-state index contributed by atoms with van der Waals surface area (Å²) in [6.45, 7) is 1.91. The van der Waals surface area contributed by atoms with Crippen molar-refractivity contribution in [3.05, 3.63) is 29.8 Å². The van der Waals surface area contributed by atoms with E-state index in [1.807, 2.05) is 24.3 Å². The lowest BCUT2D eigenvalue weighted by Gasteiger charge is -2.07. The molecule has 0 spiro atoms. The molecule has 0 amide bonds. The SMILES string of the molecule is COCCOCOc1ccc(CN)cc1. The van der Waals surface area contributed by atoms with Gasteiger partial charge < -0.3 is 19.9 Å². The third-order valence-electron chi connectivity index (χ3n) is 1.90. The van der Waals surface area contributed by atoms with E-state index in [-0.39, 0.29) is 6.79 Å². The van der Waals surface area contributed by atoms with E-state index in [2.05, 4.69) is 0 Å². The molecule has 0 aliphatic rings. The van der Waals surface area contributed by atoms with Crippen LogP contribution in [0.4, 0.5) is 0 Å². The van der Waals surface area contributed by atoms with Crippen LogP contribution in [0.15, 0.2) is 24.3 Å². The fourth-order valence-electron chi connectivity index (χ4n) is 1.03. The molecule has 0 bridgehead atoms. The quantitative estimate of drug-likeness (QED) is 0.543. The molecular weight excluding hydrogens is 194 g/mol. The molecule has 0 atom stereocenters. The summed E-state index contributed by atoms with van der Waals surface area (Å²) >= 11 is 0. The van der Waals surface area contributed by atoms with Crippen LogP contribution >= 0.6 is 0 Å². The minimum absolute atomic E-state index is 0.241. The molecular formula is C11H17NO3. The van der Waals surface area contributed by atoms with Crippen LogP contribution in [-0.4, -0.2) is 27.1 Å². The Morgan fingerprint density at radius 2 is 1.87 bits per heavy atom. The summed E-state index contributed by atoms with van der Waals surface area (Å²) in [5.41, 5.74) is 6.56. The van der Waals surface area contributed by atoms with Crippen molar-refractivity contribution in [3.63, 3.8) is 0 Å². The second-order valence-electron chi connectivity index (χ2n) is 3.01. The van der Waals surface area contributed by atoms with Gasteiger partial charge in [0.1, 0.15) is 5.75 Å². The molecule has 84 valence electrons. The van der Waals surface area contributed by atoms with E-state index in [9.17, 15) is 0 Å². The lowest BCUT2D eigenvalue weighted by atomic mass is 10.2. The van der Waals surface area contributed by atoms with E-state index in [0.29, 0.717) is 19.8 Å². The second-order valence-corrected chi connectivity index (χ2v) is 3.01. The smallest absolute Gasteiger partial charge is 0.189 e. The molecule has 1 aromatic rings. The molecule has 1 rings (SSSR count). The van der Waals surface area contributed by atoms with Gasteiger partial charge in [-0.1, -0.05) is 12.1 Å². The molecule has 0 radical (unpaired) electrons. The minimum atomic E-state index is 0.241. The number of hydrogen-bond acceptors (Lipinski definition) is 4. The molecule has 0 unspecified atom stereocenters. The van der Waals surface area contributed by atoms with Gasteiger partial charge in [0.05, 0.1) is 13.2 Å². The number of rotatable bonds is 7. The third-order valence-corrected chi connectivity index (χ3v) is 1.90. The van der Waals surface area contributed by atoms with E-state index in [1.54, 1.807) is 7.11 Å². The predicted octanol–water partition coefficient (Wildman–Crippen LogP) is 1.14. The Balaban J connectivity index is 2.20. The topological polar surface area (TPSA) is 53.7 Å². The van der Waals surface area contributed by atoms with Gasteiger partial charge in [-0.25, -0.2) is 0 Å². The zero-order valence-electron chi connectivity index (χ0n) is 8.94. The average molecular weight is 211 g/mol. The van der Waals surface area contributed by atoms with Gasteiger partial charge in [-0.15, -0.1) is 0 Å². The Morgan fingerprint density at radius 1 is 1.13 bits per heavy atom. The Hall–Kier alpha value is -1.10. The largest absolute Gasteiger partial charge is 0.468 e. The highest BCUT2D eigenvalue weighted by atomic mass is 16.7. The van der Waals surface area contributed by atoms with Crippen molar-refractivity contribution in [3.8, 4) is 5.75 Å². The standard InChI is InChI=1S/C11H17NO3/c1-13-6-7-14-9-15-11-4-2-10(8-12)3-5-11/h2-5H,6-9,12H2,1H3. The van der Waals surface area contributed by atoms with Crippen molar-refractivity contribution in [1.29, 1.82) is 0 Å². The fraction of sp³-hybridized carbons (Fsp3) is 0.455. The van der Waals surface area contributed by atoms with Crippen LogP contribution in [0.1, 0.15) is 5.56 Å². The highest BCUT2D eigenvalue weighted by Gasteiger charge is 1.94. The molecule has 2 N–H and O–H groups in total. The number of nitrogens with two attached hydrogens (primary N) is 1. The number of methoxy groups -OCH3 is 1. The van der Waals surface area contributed by atoms with Gasteiger partial charge in [-0.3, -0.25) is 0 Å². The minimum Gasteiger partial charge on any atom is -0.468 e.